The van der Waals surface area contributed by atoms with Gasteiger partial charge in [0, 0.05) is 19.0 Å². The Kier molecular flexibility index (Phi) is 4.36. The van der Waals surface area contributed by atoms with Gasteiger partial charge in [0.25, 0.3) is 0 Å². The van der Waals surface area contributed by atoms with Crippen molar-refractivity contribution in [2.45, 2.75) is 25.8 Å². The highest BCUT2D eigenvalue weighted by molar-refractivity contribution is 5.87. The third-order valence-corrected chi connectivity index (χ3v) is 5.84. The minimum Gasteiger partial charge on any atom is -0.507 e. The fourth-order valence-corrected chi connectivity index (χ4v) is 4.27. The van der Waals surface area contributed by atoms with Crippen molar-refractivity contribution >= 4 is 22.0 Å². The number of nitrogens with zero attached hydrogens (tertiary/aromatic N) is 3. The van der Waals surface area contributed by atoms with Gasteiger partial charge in [-0.1, -0.05) is 18.6 Å². The minimum atomic E-state index is -0.443. The van der Waals surface area contributed by atoms with Crippen molar-refractivity contribution in [2.24, 2.45) is 7.05 Å². The van der Waals surface area contributed by atoms with E-state index in [9.17, 15) is 9.90 Å². The maximum atomic E-state index is 12.9. The molecule has 6 nitrogen and oxygen atoms in total. The zero-order valence-electron chi connectivity index (χ0n) is 16.4. The number of aryl methyl sites for hydroxylation is 1. The average Bonchev–Trinajstić information content (AvgIpc) is 3.07. The number of phenols is 1. The second kappa shape index (κ2) is 7.04. The van der Waals surface area contributed by atoms with Crippen LogP contribution in [0, 0.1) is 0 Å². The normalized spacial score (nSPS) is 15.3. The summed E-state index contributed by atoms with van der Waals surface area (Å²) in [5.41, 5.74) is 2.91. The van der Waals surface area contributed by atoms with Gasteiger partial charge in [0.1, 0.15) is 22.7 Å². The monoisotopic (exact) mass is 389 g/mol. The predicted molar refractivity (Wildman–Crippen MR) is 113 cm³/mol. The Morgan fingerprint density at radius 1 is 1.10 bits per heavy atom. The SMILES string of the molecule is Cn1c(-c2cc3ccc(O)c(CN4CCCCC4)c3oc2=O)nc2ccccc21. The third-order valence-electron chi connectivity index (χ3n) is 5.84. The number of hydrogen-bond donors (Lipinski definition) is 1. The predicted octanol–water partition coefficient (Wildman–Crippen LogP) is 4.04. The van der Waals surface area contributed by atoms with Crippen LogP contribution in [0.3, 0.4) is 0 Å². The van der Waals surface area contributed by atoms with E-state index in [0.717, 1.165) is 42.4 Å². The molecule has 0 bridgehead atoms. The van der Waals surface area contributed by atoms with Crippen LogP contribution in [-0.2, 0) is 13.6 Å². The average molecular weight is 389 g/mol. The summed E-state index contributed by atoms with van der Waals surface area (Å²) in [6, 6.07) is 13.1. The molecule has 1 saturated heterocycles. The number of hydrogen-bond acceptors (Lipinski definition) is 5. The number of benzene rings is 2. The lowest BCUT2D eigenvalue weighted by Gasteiger charge is -2.26. The van der Waals surface area contributed by atoms with Gasteiger partial charge in [0.2, 0.25) is 0 Å². The first kappa shape index (κ1) is 17.9. The summed E-state index contributed by atoms with van der Waals surface area (Å²) in [6.07, 6.45) is 3.56. The zero-order valence-corrected chi connectivity index (χ0v) is 16.4. The van der Waals surface area contributed by atoms with Crippen LogP contribution in [0.1, 0.15) is 24.8 Å². The molecule has 1 fully saturated rings. The molecule has 0 atom stereocenters. The first-order valence-corrected chi connectivity index (χ1v) is 10.0. The highest BCUT2D eigenvalue weighted by atomic mass is 16.4. The highest BCUT2D eigenvalue weighted by Crippen LogP contribution is 2.31. The van der Waals surface area contributed by atoms with E-state index in [4.69, 9.17) is 4.42 Å². The van der Waals surface area contributed by atoms with E-state index in [2.05, 4.69) is 9.88 Å². The molecule has 1 aliphatic rings. The van der Waals surface area contributed by atoms with Crippen molar-refractivity contribution in [3.8, 4) is 17.1 Å². The lowest BCUT2D eigenvalue weighted by Crippen LogP contribution is -2.29. The topological polar surface area (TPSA) is 71.5 Å². The van der Waals surface area contributed by atoms with Gasteiger partial charge in [-0.2, -0.15) is 0 Å². The van der Waals surface area contributed by atoms with Crippen molar-refractivity contribution in [1.82, 2.24) is 14.5 Å². The smallest absolute Gasteiger partial charge is 0.347 e. The molecule has 4 aromatic rings. The van der Waals surface area contributed by atoms with Crippen LogP contribution in [0.25, 0.3) is 33.4 Å². The maximum absolute atomic E-state index is 12.9. The fourth-order valence-electron chi connectivity index (χ4n) is 4.27. The van der Waals surface area contributed by atoms with Gasteiger partial charge in [-0.15, -0.1) is 0 Å². The number of fused-ring (bicyclic) bond motifs is 2. The van der Waals surface area contributed by atoms with E-state index in [1.54, 1.807) is 12.1 Å². The molecule has 0 unspecified atom stereocenters. The highest BCUT2D eigenvalue weighted by Gasteiger charge is 2.20. The lowest BCUT2D eigenvalue weighted by molar-refractivity contribution is 0.218. The number of aromatic hydroxyl groups is 1. The van der Waals surface area contributed by atoms with Crippen LogP contribution in [0.2, 0.25) is 0 Å². The molecule has 2 aromatic carbocycles. The summed E-state index contributed by atoms with van der Waals surface area (Å²) in [7, 11) is 1.90. The van der Waals surface area contributed by atoms with E-state index in [1.807, 2.05) is 41.9 Å². The Labute approximate surface area is 168 Å². The second-order valence-corrected chi connectivity index (χ2v) is 7.75. The van der Waals surface area contributed by atoms with Gasteiger partial charge in [-0.05, 0) is 56.3 Å². The molecule has 0 saturated carbocycles. The number of para-hydroxylation sites is 2. The first-order valence-electron chi connectivity index (χ1n) is 10.0. The minimum absolute atomic E-state index is 0.168. The number of piperidine rings is 1. The van der Waals surface area contributed by atoms with Crippen molar-refractivity contribution in [3.63, 3.8) is 0 Å². The van der Waals surface area contributed by atoms with Gasteiger partial charge >= 0.3 is 5.63 Å². The quantitative estimate of drug-likeness (QED) is 0.536. The van der Waals surface area contributed by atoms with Gasteiger partial charge < -0.3 is 14.1 Å². The molecule has 1 N–H and O–H groups in total. The first-order chi connectivity index (χ1) is 14.1. The summed E-state index contributed by atoms with van der Waals surface area (Å²) in [5.74, 6) is 0.745. The van der Waals surface area contributed by atoms with Crippen molar-refractivity contribution < 1.29 is 9.52 Å². The summed E-state index contributed by atoms with van der Waals surface area (Å²) in [5, 5.41) is 11.2. The molecular formula is C23H23N3O3. The van der Waals surface area contributed by atoms with Gasteiger partial charge in [0.15, 0.2) is 0 Å². The van der Waals surface area contributed by atoms with E-state index >= 15 is 0 Å². The van der Waals surface area contributed by atoms with Crippen LogP contribution in [0.15, 0.2) is 51.7 Å². The largest absolute Gasteiger partial charge is 0.507 e. The molecule has 0 amide bonds. The van der Waals surface area contributed by atoms with Crippen LogP contribution >= 0.6 is 0 Å². The number of phenolic OH excluding ortho intramolecular Hbond substituents is 1. The summed E-state index contributed by atoms with van der Waals surface area (Å²) < 4.78 is 7.66. The van der Waals surface area contributed by atoms with Crippen LogP contribution in [0.4, 0.5) is 0 Å². The molecule has 0 spiro atoms. The maximum Gasteiger partial charge on any atom is 0.347 e. The zero-order chi connectivity index (χ0) is 20.0. The fraction of sp³-hybridized carbons (Fsp3) is 0.304. The van der Waals surface area contributed by atoms with Gasteiger partial charge in [-0.25, -0.2) is 9.78 Å². The van der Waals surface area contributed by atoms with E-state index in [-0.39, 0.29) is 5.75 Å². The van der Waals surface area contributed by atoms with Crippen molar-refractivity contribution in [2.75, 3.05) is 13.1 Å². The Hall–Kier alpha value is -3.12. The summed E-state index contributed by atoms with van der Waals surface area (Å²) in [4.78, 5) is 19.8. The Bertz CT molecular complexity index is 1270. The Morgan fingerprint density at radius 3 is 2.69 bits per heavy atom. The van der Waals surface area contributed by atoms with Crippen LogP contribution < -0.4 is 5.63 Å². The van der Waals surface area contributed by atoms with E-state index in [1.165, 1.54) is 6.42 Å². The van der Waals surface area contributed by atoms with Gasteiger partial charge in [-0.3, -0.25) is 4.90 Å². The van der Waals surface area contributed by atoms with Gasteiger partial charge in [0.05, 0.1) is 16.6 Å². The number of aromatic nitrogens is 2. The molecule has 1 aliphatic heterocycles. The van der Waals surface area contributed by atoms with Crippen LogP contribution in [-0.4, -0.2) is 32.6 Å². The lowest BCUT2D eigenvalue weighted by atomic mass is 10.1. The number of rotatable bonds is 3. The summed E-state index contributed by atoms with van der Waals surface area (Å²) >= 11 is 0. The molecule has 29 heavy (non-hydrogen) atoms. The molecule has 5 rings (SSSR count). The molecule has 3 heterocycles. The third kappa shape index (κ3) is 3.09. The van der Waals surface area contributed by atoms with E-state index in [0.29, 0.717) is 29.1 Å². The van der Waals surface area contributed by atoms with Crippen molar-refractivity contribution in [1.29, 1.82) is 0 Å². The molecular weight excluding hydrogens is 366 g/mol. The molecule has 148 valence electrons. The van der Waals surface area contributed by atoms with Crippen LogP contribution in [0.5, 0.6) is 5.75 Å². The number of likely N-dealkylation sites (tertiary alicyclic amines) is 1. The molecule has 6 heteroatoms. The second-order valence-electron chi connectivity index (χ2n) is 7.75. The Balaban J connectivity index is 1.64. The molecule has 2 aromatic heterocycles. The summed E-state index contributed by atoms with van der Waals surface area (Å²) in [6.45, 7) is 2.58. The molecule has 0 radical (unpaired) electrons. The molecule has 0 aliphatic carbocycles. The number of imidazole rings is 1. The standard InChI is InChI=1S/C23H23N3O3/c1-25-19-8-4-3-7-18(19)24-22(25)16-13-15-9-10-20(27)17(21(15)29-23(16)28)14-26-11-5-2-6-12-26/h3-4,7-10,13,27H,2,5-6,11-12,14H2,1H3. The van der Waals surface area contributed by atoms with E-state index < -0.39 is 5.63 Å². The Morgan fingerprint density at radius 2 is 1.90 bits per heavy atom. The van der Waals surface area contributed by atoms with Crippen molar-refractivity contribution in [3.05, 3.63) is 58.4 Å².